The third kappa shape index (κ3) is 2.64. The average Bonchev–Trinajstić information content (AvgIpc) is 2.16. The molecule has 1 fully saturated rings. The van der Waals surface area contributed by atoms with Crippen LogP contribution in [-0.2, 0) is 16.6 Å². The Hall–Kier alpha value is -0.830. The van der Waals surface area contributed by atoms with Gasteiger partial charge in [0.05, 0.1) is 0 Å². The van der Waals surface area contributed by atoms with Gasteiger partial charge < -0.3 is 5.32 Å². The van der Waals surface area contributed by atoms with E-state index in [2.05, 4.69) is 30.4 Å². The first-order chi connectivity index (χ1) is 7.66. The minimum absolute atomic E-state index is 0.654. The molecule has 0 amide bonds. The van der Waals surface area contributed by atoms with Gasteiger partial charge >= 0.3 is 0 Å². The first-order valence-corrected chi connectivity index (χ1v) is 7.54. The Morgan fingerprint density at radius 3 is 2.75 bits per heavy atom. The smallest absolute Gasteiger partial charge is 0.0486 e. The van der Waals surface area contributed by atoms with Gasteiger partial charge in [-0.25, -0.2) is 0 Å². The van der Waals surface area contributed by atoms with Crippen LogP contribution in [0.25, 0.3) is 0 Å². The zero-order valence-corrected chi connectivity index (χ0v) is 10.8. The van der Waals surface area contributed by atoms with Crippen LogP contribution >= 0.6 is 0 Å². The fourth-order valence-corrected chi connectivity index (χ4v) is 2.74. The first-order valence-electron chi connectivity index (χ1n) is 5.82. The molecule has 0 radical (unpaired) electrons. The fraction of sp³-hybridized carbons (Fsp3) is 0.538. The highest BCUT2D eigenvalue weighted by Gasteiger charge is 2.17. The Balaban J connectivity index is 2.14. The van der Waals surface area contributed by atoms with Crippen molar-refractivity contribution >= 4 is 16.5 Å². The van der Waals surface area contributed by atoms with Gasteiger partial charge in [-0.05, 0) is 43.4 Å². The standard InChI is InChI=1S/C13H19NOS/c1-10-11(9-16(2)15)5-3-8-13(10)14-12-6-4-7-12/h3,5,8,12,14H,4,6-7,9H2,1-2H3. The lowest BCUT2D eigenvalue weighted by Gasteiger charge is -2.28. The van der Waals surface area contributed by atoms with E-state index in [9.17, 15) is 4.21 Å². The van der Waals surface area contributed by atoms with Crippen molar-refractivity contribution in [3.63, 3.8) is 0 Å². The summed E-state index contributed by atoms with van der Waals surface area (Å²) in [6.07, 6.45) is 5.66. The highest BCUT2D eigenvalue weighted by molar-refractivity contribution is 7.83. The molecule has 1 aromatic rings. The predicted octanol–water partition coefficient (Wildman–Crippen LogP) is 2.84. The van der Waals surface area contributed by atoms with E-state index in [1.807, 2.05) is 0 Å². The molecule has 1 aliphatic rings. The summed E-state index contributed by atoms with van der Waals surface area (Å²) in [5.41, 5.74) is 3.67. The Labute approximate surface area is 99.9 Å². The third-order valence-corrected chi connectivity index (χ3v) is 3.99. The molecular formula is C13H19NOS. The molecule has 3 heteroatoms. The van der Waals surface area contributed by atoms with E-state index >= 15 is 0 Å². The van der Waals surface area contributed by atoms with Crippen molar-refractivity contribution < 1.29 is 4.21 Å². The molecule has 0 aromatic heterocycles. The van der Waals surface area contributed by atoms with Crippen molar-refractivity contribution in [2.45, 2.75) is 38.0 Å². The zero-order chi connectivity index (χ0) is 11.5. The summed E-state index contributed by atoms with van der Waals surface area (Å²) in [5.74, 6) is 0.659. The molecule has 1 atom stereocenters. The van der Waals surface area contributed by atoms with Gasteiger partial charge in [-0.3, -0.25) is 4.21 Å². The summed E-state index contributed by atoms with van der Waals surface area (Å²) < 4.78 is 11.3. The van der Waals surface area contributed by atoms with Gasteiger partial charge in [0.2, 0.25) is 0 Å². The number of anilines is 1. The Morgan fingerprint density at radius 1 is 1.44 bits per heavy atom. The second kappa shape index (κ2) is 5.00. The molecule has 88 valence electrons. The predicted molar refractivity (Wildman–Crippen MR) is 70.2 cm³/mol. The molecule has 1 aliphatic carbocycles. The topological polar surface area (TPSA) is 29.1 Å². The number of benzene rings is 1. The van der Waals surface area contributed by atoms with E-state index in [1.165, 1.54) is 36.1 Å². The SMILES string of the molecule is Cc1c(CS(C)=O)cccc1NC1CCC1. The van der Waals surface area contributed by atoms with Crippen molar-refractivity contribution in [2.24, 2.45) is 0 Å². The van der Waals surface area contributed by atoms with E-state index in [0.29, 0.717) is 11.8 Å². The quantitative estimate of drug-likeness (QED) is 0.872. The molecule has 0 bridgehead atoms. The van der Waals surface area contributed by atoms with Crippen molar-refractivity contribution in [2.75, 3.05) is 11.6 Å². The van der Waals surface area contributed by atoms with Crippen LogP contribution in [0.15, 0.2) is 18.2 Å². The Morgan fingerprint density at radius 2 is 2.19 bits per heavy atom. The normalized spacial score (nSPS) is 17.9. The minimum Gasteiger partial charge on any atom is -0.382 e. The Bertz CT molecular complexity index is 399. The number of nitrogens with one attached hydrogen (secondary N) is 1. The van der Waals surface area contributed by atoms with Gasteiger partial charge in [0.1, 0.15) is 0 Å². The zero-order valence-electron chi connectivity index (χ0n) is 9.95. The van der Waals surface area contributed by atoms with E-state index in [0.717, 1.165) is 0 Å². The molecule has 1 N–H and O–H groups in total. The van der Waals surface area contributed by atoms with Crippen LogP contribution in [0, 0.1) is 6.92 Å². The van der Waals surface area contributed by atoms with Crippen LogP contribution in [0.5, 0.6) is 0 Å². The van der Waals surface area contributed by atoms with E-state index in [-0.39, 0.29) is 0 Å². The summed E-state index contributed by atoms with van der Waals surface area (Å²) in [4.78, 5) is 0. The van der Waals surface area contributed by atoms with E-state index < -0.39 is 10.8 Å². The lowest BCUT2D eigenvalue weighted by Crippen LogP contribution is -2.27. The summed E-state index contributed by atoms with van der Waals surface area (Å²) in [6.45, 7) is 2.11. The van der Waals surface area contributed by atoms with Gasteiger partial charge in [-0.2, -0.15) is 0 Å². The maximum atomic E-state index is 11.3. The van der Waals surface area contributed by atoms with Crippen molar-refractivity contribution in [3.8, 4) is 0 Å². The van der Waals surface area contributed by atoms with Crippen LogP contribution in [0.1, 0.15) is 30.4 Å². The molecular weight excluding hydrogens is 218 g/mol. The third-order valence-electron chi connectivity index (χ3n) is 3.27. The van der Waals surface area contributed by atoms with Gasteiger partial charge in [-0.1, -0.05) is 12.1 Å². The Kier molecular flexibility index (Phi) is 3.64. The molecule has 2 nitrogen and oxygen atoms in total. The lowest BCUT2D eigenvalue weighted by atomic mass is 9.92. The second-order valence-corrected chi connectivity index (χ2v) is 6.01. The van der Waals surface area contributed by atoms with Gasteiger partial charge in [-0.15, -0.1) is 0 Å². The number of hydrogen-bond acceptors (Lipinski definition) is 2. The van der Waals surface area contributed by atoms with Crippen LogP contribution < -0.4 is 5.32 Å². The minimum atomic E-state index is -0.763. The van der Waals surface area contributed by atoms with Gasteiger partial charge in [0, 0.05) is 34.5 Å². The maximum Gasteiger partial charge on any atom is 0.0486 e. The molecule has 0 aliphatic heterocycles. The average molecular weight is 237 g/mol. The molecule has 0 heterocycles. The largest absolute Gasteiger partial charge is 0.382 e. The molecule has 1 saturated carbocycles. The monoisotopic (exact) mass is 237 g/mol. The van der Waals surface area contributed by atoms with Gasteiger partial charge in [0.25, 0.3) is 0 Å². The summed E-state index contributed by atoms with van der Waals surface area (Å²) in [7, 11) is -0.763. The van der Waals surface area contributed by atoms with Crippen LogP contribution in [0.4, 0.5) is 5.69 Å². The fourth-order valence-electron chi connectivity index (χ4n) is 1.99. The second-order valence-electron chi connectivity index (χ2n) is 4.58. The molecule has 2 rings (SSSR count). The van der Waals surface area contributed by atoms with Gasteiger partial charge in [0.15, 0.2) is 0 Å². The van der Waals surface area contributed by atoms with Crippen molar-refractivity contribution in [1.29, 1.82) is 0 Å². The van der Waals surface area contributed by atoms with Crippen LogP contribution in [0.2, 0.25) is 0 Å². The molecule has 16 heavy (non-hydrogen) atoms. The maximum absolute atomic E-state index is 11.3. The van der Waals surface area contributed by atoms with Crippen LogP contribution in [0.3, 0.4) is 0 Å². The lowest BCUT2D eigenvalue weighted by molar-refractivity contribution is 0.445. The molecule has 1 unspecified atom stereocenters. The number of hydrogen-bond donors (Lipinski definition) is 1. The van der Waals surface area contributed by atoms with Crippen molar-refractivity contribution in [1.82, 2.24) is 0 Å². The molecule has 0 saturated heterocycles. The highest BCUT2D eigenvalue weighted by atomic mass is 32.2. The first kappa shape index (κ1) is 11.6. The van der Waals surface area contributed by atoms with Crippen LogP contribution in [-0.4, -0.2) is 16.5 Å². The summed E-state index contributed by atoms with van der Waals surface area (Å²) >= 11 is 0. The summed E-state index contributed by atoms with van der Waals surface area (Å²) in [6, 6.07) is 6.90. The van der Waals surface area contributed by atoms with E-state index in [4.69, 9.17) is 0 Å². The molecule has 0 spiro atoms. The number of rotatable bonds is 4. The van der Waals surface area contributed by atoms with E-state index in [1.54, 1.807) is 6.26 Å². The summed E-state index contributed by atoms with van der Waals surface area (Å²) in [5, 5.41) is 3.56. The van der Waals surface area contributed by atoms with Crippen molar-refractivity contribution in [3.05, 3.63) is 29.3 Å². The molecule has 1 aromatic carbocycles. The highest BCUT2D eigenvalue weighted by Crippen LogP contribution is 2.26.